The number of carbonyl (C=O) groups is 2. The summed E-state index contributed by atoms with van der Waals surface area (Å²) < 4.78 is 5.32. The van der Waals surface area contributed by atoms with E-state index in [1.165, 1.54) is 0 Å². The second-order valence-electron chi connectivity index (χ2n) is 8.46. The van der Waals surface area contributed by atoms with E-state index in [2.05, 4.69) is 17.1 Å². The molecule has 6 nitrogen and oxygen atoms in total. The maximum absolute atomic E-state index is 13.4. The Bertz CT molecular complexity index is 1160. The number of amides is 2. The number of aromatic amines is 1. The van der Waals surface area contributed by atoms with Gasteiger partial charge in [-0.05, 0) is 42.2 Å². The minimum atomic E-state index is -0.453. The molecule has 1 saturated heterocycles. The van der Waals surface area contributed by atoms with Gasteiger partial charge in [-0.25, -0.2) is 0 Å². The molecule has 3 aliphatic rings. The number of rotatable bonds is 3. The molecular weight excluding hydrogens is 378 g/mol. The zero-order valence-electron chi connectivity index (χ0n) is 16.8. The van der Waals surface area contributed by atoms with Crippen LogP contribution in [0.5, 0.6) is 5.75 Å². The van der Waals surface area contributed by atoms with Gasteiger partial charge in [0.25, 0.3) is 0 Å². The highest BCUT2D eigenvalue weighted by Gasteiger charge is 2.50. The molecule has 3 heterocycles. The number of carbonyl (C=O) groups excluding carboxylic acids is 2. The topological polar surface area (TPSA) is 65.6 Å². The van der Waals surface area contributed by atoms with Crippen molar-refractivity contribution in [1.82, 2.24) is 14.8 Å². The first-order valence-corrected chi connectivity index (χ1v) is 10.5. The molecule has 1 aliphatic carbocycles. The summed E-state index contributed by atoms with van der Waals surface area (Å²) in [4.78, 5) is 34.0. The molecule has 1 aromatic heterocycles. The normalized spacial score (nSPS) is 23.5. The van der Waals surface area contributed by atoms with Crippen LogP contribution in [0.4, 0.5) is 0 Å². The van der Waals surface area contributed by atoms with Gasteiger partial charge in [0, 0.05) is 29.1 Å². The van der Waals surface area contributed by atoms with Gasteiger partial charge in [-0.2, -0.15) is 0 Å². The lowest BCUT2D eigenvalue weighted by molar-refractivity contribution is -0.159. The van der Waals surface area contributed by atoms with Crippen molar-refractivity contribution in [2.75, 3.05) is 13.7 Å². The zero-order valence-corrected chi connectivity index (χ0v) is 16.8. The van der Waals surface area contributed by atoms with E-state index < -0.39 is 6.04 Å². The minimum absolute atomic E-state index is 0.0247. The lowest BCUT2D eigenvalue weighted by Gasteiger charge is -2.47. The fourth-order valence-corrected chi connectivity index (χ4v) is 5.11. The molecule has 2 atom stereocenters. The number of para-hydroxylation sites is 1. The van der Waals surface area contributed by atoms with Gasteiger partial charge in [0.1, 0.15) is 18.3 Å². The minimum Gasteiger partial charge on any atom is -0.497 e. The van der Waals surface area contributed by atoms with E-state index in [9.17, 15) is 9.59 Å². The molecule has 2 aliphatic heterocycles. The summed E-state index contributed by atoms with van der Waals surface area (Å²) in [6.45, 7) is 0.183. The maximum Gasteiger partial charge on any atom is 0.246 e. The number of piperazine rings is 1. The second-order valence-corrected chi connectivity index (χ2v) is 8.46. The average molecular weight is 401 g/mol. The van der Waals surface area contributed by atoms with Crippen LogP contribution in [-0.4, -0.2) is 52.3 Å². The lowest BCUT2D eigenvalue weighted by atomic mass is 9.86. The Morgan fingerprint density at radius 2 is 1.80 bits per heavy atom. The summed E-state index contributed by atoms with van der Waals surface area (Å²) in [7, 11) is 1.64. The van der Waals surface area contributed by atoms with E-state index in [0.29, 0.717) is 6.42 Å². The predicted molar refractivity (Wildman–Crippen MR) is 112 cm³/mol. The Hall–Kier alpha value is -3.28. The SMILES string of the molecule is COc1ccc([C@@H]2c3[nH]c4ccccc4c3C[C@@H]3C(=O)N(C4CC4)CC(=O)N23)cc1. The molecule has 2 amide bonds. The van der Waals surface area contributed by atoms with E-state index in [0.717, 1.165) is 46.3 Å². The first kappa shape index (κ1) is 17.6. The quantitative estimate of drug-likeness (QED) is 0.734. The van der Waals surface area contributed by atoms with Gasteiger partial charge in [-0.3, -0.25) is 9.59 Å². The molecular formula is C24H23N3O3. The van der Waals surface area contributed by atoms with E-state index in [1.54, 1.807) is 7.11 Å². The number of hydrogen-bond donors (Lipinski definition) is 1. The predicted octanol–water partition coefficient (Wildman–Crippen LogP) is 3.02. The van der Waals surface area contributed by atoms with Gasteiger partial charge in [0.2, 0.25) is 11.8 Å². The lowest BCUT2D eigenvalue weighted by Crippen LogP contribution is -2.63. The number of hydrogen-bond acceptors (Lipinski definition) is 3. The first-order valence-electron chi connectivity index (χ1n) is 10.5. The summed E-state index contributed by atoms with van der Waals surface area (Å²) in [5, 5.41) is 1.13. The zero-order chi connectivity index (χ0) is 20.4. The van der Waals surface area contributed by atoms with Crippen molar-refractivity contribution >= 4 is 22.7 Å². The van der Waals surface area contributed by atoms with Crippen LogP contribution < -0.4 is 4.74 Å². The van der Waals surface area contributed by atoms with Gasteiger partial charge in [-0.1, -0.05) is 30.3 Å². The maximum atomic E-state index is 13.4. The van der Waals surface area contributed by atoms with Crippen LogP contribution in [0.1, 0.15) is 35.7 Å². The van der Waals surface area contributed by atoms with E-state index >= 15 is 0 Å². The fraction of sp³-hybridized carbons (Fsp3) is 0.333. The van der Waals surface area contributed by atoms with E-state index in [4.69, 9.17) is 4.74 Å². The molecule has 0 unspecified atom stereocenters. The number of aromatic nitrogens is 1. The summed E-state index contributed by atoms with van der Waals surface area (Å²) in [5.74, 6) is 0.882. The Balaban J connectivity index is 1.53. The summed E-state index contributed by atoms with van der Waals surface area (Å²) in [6.07, 6.45) is 2.57. The molecule has 1 saturated carbocycles. The molecule has 0 spiro atoms. The summed E-state index contributed by atoms with van der Waals surface area (Å²) in [6, 6.07) is 15.5. The number of ether oxygens (including phenoxy) is 1. The Kier molecular flexibility index (Phi) is 3.72. The summed E-state index contributed by atoms with van der Waals surface area (Å²) >= 11 is 0. The smallest absolute Gasteiger partial charge is 0.246 e. The largest absolute Gasteiger partial charge is 0.497 e. The van der Waals surface area contributed by atoms with Crippen molar-refractivity contribution in [3.63, 3.8) is 0 Å². The highest BCUT2D eigenvalue weighted by Crippen LogP contribution is 2.44. The first-order chi connectivity index (χ1) is 14.7. The monoisotopic (exact) mass is 401 g/mol. The van der Waals surface area contributed by atoms with E-state index in [1.807, 2.05) is 46.2 Å². The fourth-order valence-electron chi connectivity index (χ4n) is 5.11. The number of nitrogens with one attached hydrogen (secondary N) is 1. The van der Waals surface area contributed by atoms with Crippen LogP contribution in [0.3, 0.4) is 0 Å². The van der Waals surface area contributed by atoms with Crippen molar-refractivity contribution in [2.45, 2.75) is 37.4 Å². The third kappa shape index (κ3) is 2.49. The van der Waals surface area contributed by atoms with E-state index in [-0.39, 0.29) is 30.4 Å². The highest BCUT2D eigenvalue weighted by atomic mass is 16.5. The Labute approximate surface area is 174 Å². The molecule has 6 heteroatoms. The molecule has 152 valence electrons. The molecule has 0 radical (unpaired) electrons. The van der Waals surface area contributed by atoms with Crippen LogP contribution in [0.2, 0.25) is 0 Å². The highest BCUT2D eigenvalue weighted by molar-refractivity contribution is 5.98. The van der Waals surface area contributed by atoms with Gasteiger partial charge in [-0.15, -0.1) is 0 Å². The Morgan fingerprint density at radius 3 is 2.53 bits per heavy atom. The average Bonchev–Trinajstić information content (AvgIpc) is 3.55. The van der Waals surface area contributed by atoms with Crippen molar-refractivity contribution in [3.05, 3.63) is 65.4 Å². The van der Waals surface area contributed by atoms with Crippen LogP contribution in [0, 0.1) is 0 Å². The van der Waals surface area contributed by atoms with Gasteiger partial charge in [0.05, 0.1) is 13.2 Å². The van der Waals surface area contributed by atoms with Crippen molar-refractivity contribution in [3.8, 4) is 5.75 Å². The Morgan fingerprint density at radius 1 is 1.03 bits per heavy atom. The third-order valence-corrected chi connectivity index (χ3v) is 6.71. The molecule has 6 rings (SSSR count). The number of fused-ring (bicyclic) bond motifs is 4. The number of methoxy groups -OCH3 is 1. The van der Waals surface area contributed by atoms with Crippen molar-refractivity contribution < 1.29 is 14.3 Å². The van der Waals surface area contributed by atoms with Crippen LogP contribution >= 0.6 is 0 Å². The van der Waals surface area contributed by atoms with Gasteiger partial charge >= 0.3 is 0 Å². The number of nitrogens with zero attached hydrogens (tertiary/aromatic N) is 2. The number of benzene rings is 2. The molecule has 3 aromatic rings. The molecule has 0 bridgehead atoms. The molecule has 2 fully saturated rings. The molecule has 1 N–H and O–H groups in total. The third-order valence-electron chi connectivity index (χ3n) is 6.71. The standard InChI is InChI=1S/C24H23N3O3/c1-30-16-10-6-14(7-11-16)23-22-18(17-4-2-3-5-19(17)25-22)12-20-24(29)26(15-8-9-15)13-21(28)27(20)23/h2-7,10-11,15,20,23,25H,8-9,12-13H2,1H3/t20-,23-/m1/s1. The van der Waals surface area contributed by atoms with Crippen molar-refractivity contribution in [1.29, 1.82) is 0 Å². The van der Waals surface area contributed by atoms with Crippen LogP contribution in [-0.2, 0) is 16.0 Å². The van der Waals surface area contributed by atoms with Crippen LogP contribution in [0.25, 0.3) is 10.9 Å². The second kappa shape index (κ2) is 6.36. The van der Waals surface area contributed by atoms with Crippen molar-refractivity contribution in [2.24, 2.45) is 0 Å². The van der Waals surface area contributed by atoms with Gasteiger partial charge in [0.15, 0.2) is 0 Å². The van der Waals surface area contributed by atoms with Crippen LogP contribution in [0.15, 0.2) is 48.5 Å². The van der Waals surface area contributed by atoms with Gasteiger partial charge < -0.3 is 19.5 Å². The summed E-state index contributed by atoms with van der Waals surface area (Å²) in [5.41, 5.74) is 4.18. The molecule has 30 heavy (non-hydrogen) atoms. The number of H-pyrrole nitrogens is 1. The molecule has 2 aromatic carbocycles.